The number of carbonyl (C=O) groups excluding carboxylic acids is 2. The first-order valence-corrected chi connectivity index (χ1v) is 5.63. The number of aryl methyl sites for hydroxylation is 1. The average molecular weight is 239 g/mol. The molecule has 0 saturated carbocycles. The van der Waals surface area contributed by atoms with E-state index in [0.29, 0.717) is 12.4 Å². The second-order valence-electron chi connectivity index (χ2n) is 3.49. The van der Waals surface area contributed by atoms with Crippen molar-refractivity contribution in [2.75, 3.05) is 13.1 Å². The van der Waals surface area contributed by atoms with Crippen molar-refractivity contribution in [3.8, 4) is 0 Å². The maximum absolute atomic E-state index is 11.5. The lowest BCUT2D eigenvalue weighted by Gasteiger charge is -2.02. The van der Waals surface area contributed by atoms with E-state index in [9.17, 15) is 9.59 Å². The van der Waals surface area contributed by atoms with E-state index >= 15 is 0 Å². The molecule has 0 atom stereocenters. The Hall–Kier alpha value is -1.92. The van der Waals surface area contributed by atoms with Crippen molar-refractivity contribution in [3.05, 3.63) is 11.6 Å². The van der Waals surface area contributed by atoms with Gasteiger partial charge < -0.3 is 10.6 Å². The minimum Gasteiger partial charge on any atom is -0.355 e. The van der Waals surface area contributed by atoms with Gasteiger partial charge >= 0.3 is 0 Å². The number of rotatable bonds is 6. The van der Waals surface area contributed by atoms with Crippen molar-refractivity contribution in [2.24, 2.45) is 0 Å². The van der Waals surface area contributed by atoms with Gasteiger partial charge in [0.1, 0.15) is 5.82 Å². The summed E-state index contributed by atoms with van der Waals surface area (Å²) in [6.07, 6.45) is 1.67. The van der Waals surface area contributed by atoms with E-state index in [1.807, 2.05) is 13.8 Å². The highest BCUT2D eigenvalue weighted by Gasteiger charge is 2.12. The molecule has 1 aromatic rings. The number of nitrogens with one attached hydrogen (secondary N) is 3. The van der Waals surface area contributed by atoms with Gasteiger partial charge in [0.05, 0.1) is 6.54 Å². The molecule has 0 aliphatic heterocycles. The lowest BCUT2D eigenvalue weighted by molar-refractivity contribution is -0.120. The zero-order valence-electron chi connectivity index (χ0n) is 10.0. The summed E-state index contributed by atoms with van der Waals surface area (Å²) in [5, 5.41) is 11.5. The molecule has 1 aromatic heterocycles. The second-order valence-corrected chi connectivity index (χ2v) is 3.49. The van der Waals surface area contributed by atoms with Gasteiger partial charge in [0.2, 0.25) is 11.7 Å². The number of carbonyl (C=O) groups is 2. The Morgan fingerprint density at radius 2 is 2.06 bits per heavy atom. The topological polar surface area (TPSA) is 99.8 Å². The summed E-state index contributed by atoms with van der Waals surface area (Å²) in [4.78, 5) is 26.7. The van der Waals surface area contributed by atoms with Crippen LogP contribution in [0, 0.1) is 0 Å². The number of H-pyrrole nitrogens is 1. The van der Waals surface area contributed by atoms with Crippen LogP contribution in [0.5, 0.6) is 0 Å². The van der Waals surface area contributed by atoms with Gasteiger partial charge in [0.25, 0.3) is 5.91 Å². The van der Waals surface area contributed by atoms with Crippen LogP contribution in [0.3, 0.4) is 0 Å². The van der Waals surface area contributed by atoms with Crippen LogP contribution in [0.25, 0.3) is 0 Å². The van der Waals surface area contributed by atoms with Crippen LogP contribution in [-0.2, 0) is 11.2 Å². The summed E-state index contributed by atoms with van der Waals surface area (Å²) in [6, 6.07) is 0. The average Bonchev–Trinajstić information content (AvgIpc) is 2.75. The Bertz CT molecular complexity index is 388. The van der Waals surface area contributed by atoms with Crippen molar-refractivity contribution in [1.29, 1.82) is 0 Å². The minimum atomic E-state index is -0.449. The summed E-state index contributed by atoms with van der Waals surface area (Å²) in [5.41, 5.74) is 0. The third kappa shape index (κ3) is 4.21. The molecule has 0 radical (unpaired) electrons. The molecule has 17 heavy (non-hydrogen) atoms. The first-order chi connectivity index (χ1) is 8.17. The van der Waals surface area contributed by atoms with Gasteiger partial charge in [-0.15, -0.1) is 5.10 Å². The molecule has 0 aliphatic rings. The van der Waals surface area contributed by atoms with Gasteiger partial charge in [-0.3, -0.25) is 14.7 Å². The standard InChI is InChI=1S/C10H17N5O2/c1-3-5-7-13-9(15-14-7)10(17)12-6-8(16)11-4-2/h3-6H2,1-2H3,(H,11,16)(H,12,17)(H,13,14,15). The Labute approximate surface area is 99.4 Å². The quantitative estimate of drug-likeness (QED) is 0.630. The van der Waals surface area contributed by atoms with Crippen LogP contribution < -0.4 is 10.6 Å². The SMILES string of the molecule is CCCc1nc(C(=O)NCC(=O)NCC)n[nH]1. The molecule has 2 amide bonds. The first-order valence-electron chi connectivity index (χ1n) is 5.63. The maximum Gasteiger partial charge on any atom is 0.291 e. The molecule has 7 heteroatoms. The number of nitrogens with zero attached hydrogens (tertiary/aromatic N) is 2. The molecule has 1 heterocycles. The lowest BCUT2D eigenvalue weighted by atomic mass is 10.3. The van der Waals surface area contributed by atoms with Crippen LogP contribution in [-0.4, -0.2) is 40.1 Å². The van der Waals surface area contributed by atoms with Crippen LogP contribution in [0.2, 0.25) is 0 Å². The van der Waals surface area contributed by atoms with Crippen LogP contribution in [0.15, 0.2) is 0 Å². The fourth-order valence-electron chi connectivity index (χ4n) is 1.24. The number of aromatic nitrogens is 3. The molecule has 0 spiro atoms. The molecule has 0 bridgehead atoms. The van der Waals surface area contributed by atoms with E-state index in [0.717, 1.165) is 12.8 Å². The first kappa shape index (κ1) is 13.1. The number of hydrogen-bond acceptors (Lipinski definition) is 4. The number of amides is 2. The molecule has 0 fully saturated rings. The third-order valence-corrected chi connectivity index (χ3v) is 2.01. The van der Waals surface area contributed by atoms with Crippen LogP contribution in [0.4, 0.5) is 0 Å². The van der Waals surface area contributed by atoms with E-state index in [1.54, 1.807) is 0 Å². The fraction of sp³-hybridized carbons (Fsp3) is 0.600. The number of likely N-dealkylation sites (N-methyl/N-ethyl adjacent to an activating group) is 1. The van der Waals surface area contributed by atoms with Crippen molar-refractivity contribution in [3.63, 3.8) is 0 Å². The monoisotopic (exact) mass is 239 g/mol. The van der Waals surface area contributed by atoms with Gasteiger partial charge in [-0.25, -0.2) is 4.98 Å². The van der Waals surface area contributed by atoms with E-state index in [2.05, 4.69) is 25.8 Å². The maximum atomic E-state index is 11.5. The number of aromatic amines is 1. The molecule has 0 aliphatic carbocycles. The summed E-state index contributed by atoms with van der Waals surface area (Å²) in [6.45, 7) is 4.30. The van der Waals surface area contributed by atoms with Crippen molar-refractivity contribution in [2.45, 2.75) is 26.7 Å². The molecular formula is C10H17N5O2. The largest absolute Gasteiger partial charge is 0.355 e. The van der Waals surface area contributed by atoms with Crippen LogP contribution in [0.1, 0.15) is 36.7 Å². The normalized spacial score (nSPS) is 10.0. The minimum absolute atomic E-state index is 0.0652. The van der Waals surface area contributed by atoms with Crippen molar-refractivity contribution in [1.82, 2.24) is 25.8 Å². The van der Waals surface area contributed by atoms with E-state index in [4.69, 9.17) is 0 Å². The van der Waals surface area contributed by atoms with Gasteiger partial charge in [-0.2, -0.15) is 0 Å². The summed E-state index contributed by atoms with van der Waals surface area (Å²) < 4.78 is 0. The zero-order chi connectivity index (χ0) is 12.7. The molecule has 1 rings (SSSR count). The van der Waals surface area contributed by atoms with Gasteiger partial charge in [-0.1, -0.05) is 6.92 Å². The molecule has 0 saturated heterocycles. The summed E-state index contributed by atoms with van der Waals surface area (Å²) >= 11 is 0. The molecule has 3 N–H and O–H groups in total. The number of hydrogen-bond donors (Lipinski definition) is 3. The lowest BCUT2D eigenvalue weighted by Crippen LogP contribution is -2.37. The zero-order valence-corrected chi connectivity index (χ0v) is 10.0. The second kappa shape index (κ2) is 6.62. The third-order valence-electron chi connectivity index (χ3n) is 2.01. The van der Waals surface area contributed by atoms with E-state index in [1.165, 1.54) is 0 Å². The molecule has 94 valence electrons. The summed E-state index contributed by atoms with van der Waals surface area (Å²) in [5.74, 6) is 0.0634. The van der Waals surface area contributed by atoms with Crippen molar-refractivity contribution >= 4 is 11.8 Å². The molecule has 0 aromatic carbocycles. The van der Waals surface area contributed by atoms with Gasteiger partial charge in [0.15, 0.2) is 0 Å². The van der Waals surface area contributed by atoms with E-state index < -0.39 is 5.91 Å². The highest BCUT2D eigenvalue weighted by atomic mass is 16.2. The van der Waals surface area contributed by atoms with E-state index in [-0.39, 0.29) is 18.3 Å². The Balaban J connectivity index is 2.43. The fourth-order valence-corrected chi connectivity index (χ4v) is 1.24. The molecule has 7 nitrogen and oxygen atoms in total. The Morgan fingerprint density at radius 1 is 1.29 bits per heavy atom. The molecule has 0 unspecified atom stereocenters. The van der Waals surface area contributed by atoms with Crippen molar-refractivity contribution < 1.29 is 9.59 Å². The highest BCUT2D eigenvalue weighted by molar-refractivity contribution is 5.93. The predicted octanol–water partition coefficient (Wildman–Crippen LogP) is -0.377. The molecular weight excluding hydrogens is 222 g/mol. The Kier molecular flexibility index (Phi) is 5.12. The Morgan fingerprint density at radius 3 is 2.71 bits per heavy atom. The summed E-state index contributed by atoms with van der Waals surface area (Å²) in [7, 11) is 0. The predicted molar refractivity (Wildman–Crippen MR) is 61.4 cm³/mol. The van der Waals surface area contributed by atoms with Crippen LogP contribution >= 0.6 is 0 Å². The smallest absolute Gasteiger partial charge is 0.291 e. The highest BCUT2D eigenvalue weighted by Crippen LogP contribution is 1.96. The van der Waals surface area contributed by atoms with Gasteiger partial charge in [0, 0.05) is 13.0 Å². The van der Waals surface area contributed by atoms with Gasteiger partial charge in [-0.05, 0) is 13.3 Å².